The lowest BCUT2D eigenvalue weighted by molar-refractivity contribution is 0.171. The molecule has 4 nitrogen and oxygen atoms in total. The fourth-order valence-electron chi connectivity index (χ4n) is 1.69. The molecule has 0 aromatic heterocycles. The Morgan fingerprint density at radius 3 is 2.63 bits per heavy atom. The van der Waals surface area contributed by atoms with E-state index in [9.17, 15) is 5.11 Å². The highest BCUT2D eigenvalue weighted by Gasteiger charge is 2.10. The highest BCUT2D eigenvalue weighted by molar-refractivity contribution is 5.42. The summed E-state index contributed by atoms with van der Waals surface area (Å²) < 4.78 is 10.5. The van der Waals surface area contributed by atoms with Crippen molar-refractivity contribution in [2.75, 3.05) is 20.3 Å². The van der Waals surface area contributed by atoms with E-state index in [-0.39, 0.29) is 11.8 Å². The van der Waals surface area contributed by atoms with Crippen LogP contribution in [-0.4, -0.2) is 31.5 Å². The van der Waals surface area contributed by atoms with Gasteiger partial charge >= 0.3 is 0 Å². The molecule has 0 aliphatic rings. The van der Waals surface area contributed by atoms with Crippen molar-refractivity contribution in [3.63, 3.8) is 0 Å². The van der Waals surface area contributed by atoms with Crippen LogP contribution >= 0.6 is 0 Å². The Kier molecular flexibility index (Phi) is 6.67. The minimum atomic E-state index is 0.117. The molecule has 0 saturated heterocycles. The quantitative estimate of drug-likeness (QED) is 0.710. The number of aromatic hydroxyl groups is 1. The molecule has 0 aliphatic carbocycles. The second-order valence-corrected chi connectivity index (χ2v) is 5.11. The van der Waals surface area contributed by atoms with Crippen molar-refractivity contribution < 1.29 is 14.6 Å². The topological polar surface area (TPSA) is 64.7 Å². The first-order valence-electron chi connectivity index (χ1n) is 6.73. The van der Waals surface area contributed by atoms with Crippen LogP contribution < -0.4 is 10.5 Å². The Balaban J connectivity index is 2.60. The van der Waals surface area contributed by atoms with Gasteiger partial charge in [0, 0.05) is 26.2 Å². The molecule has 0 spiro atoms. The van der Waals surface area contributed by atoms with E-state index in [2.05, 4.69) is 13.8 Å². The standard InChI is InChI=1S/C15H25NO3/c1-11(2)13(16)9-12-5-6-14(17)15(10-12)19-8-4-7-18-3/h5-6,10-11,13,17H,4,7-9,16H2,1-3H3. The number of rotatable bonds is 8. The fourth-order valence-corrected chi connectivity index (χ4v) is 1.69. The molecule has 0 aliphatic heterocycles. The molecule has 1 atom stereocenters. The molecular formula is C15H25NO3. The molecule has 1 unspecified atom stereocenters. The molecule has 19 heavy (non-hydrogen) atoms. The summed E-state index contributed by atoms with van der Waals surface area (Å²) in [7, 11) is 1.66. The minimum absolute atomic E-state index is 0.117. The predicted molar refractivity (Wildman–Crippen MR) is 76.6 cm³/mol. The summed E-state index contributed by atoms with van der Waals surface area (Å²) in [5, 5.41) is 9.75. The lowest BCUT2D eigenvalue weighted by atomic mass is 9.97. The van der Waals surface area contributed by atoms with E-state index < -0.39 is 0 Å². The van der Waals surface area contributed by atoms with Crippen molar-refractivity contribution in [3.05, 3.63) is 23.8 Å². The normalized spacial score (nSPS) is 12.7. The average Bonchev–Trinajstić information content (AvgIpc) is 2.38. The summed E-state index contributed by atoms with van der Waals surface area (Å²) >= 11 is 0. The number of ether oxygens (including phenoxy) is 2. The molecule has 1 aromatic carbocycles. The van der Waals surface area contributed by atoms with Gasteiger partial charge in [0.2, 0.25) is 0 Å². The van der Waals surface area contributed by atoms with Crippen LogP contribution in [0.5, 0.6) is 11.5 Å². The van der Waals surface area contributed by atoms with Crippen molar-refractivity contribution in [1.82, 2.24) is 0 Å². The van der Waals surface area contributed by atoms with E-state index in [0.717, 1.165) is 18.4 Å². The second kappa shape index (κ2) is 8.02. The molecule has 0 saturated carbocycles. The number of phenolic OH excluding ortho intramolecular Hbond substituents is 1. The zero-order chi connectivity index (χ0) is 14.3. The molecule has 0 fully saturated rings. The molecule has 0 amide bonds. The summed E-state index contributed by atoms with van der Waals surface area (Å²) in [6.07, 6.45) is 1.58. The molecule has 0 heterocycles. The molecule has 4 heteroatoms. The molecular weight excluding hydrogens is 242 g/mol. The summed E-state index contributed by atoms with van der Waals surface area (Å²) in [4.78, 5) is 0. The third kappa shape index (κ3) is 5.49. The number of hydrogen-bond acceptors (Lipinski definition) is 4. The van der Waals surface area contributed by atoms with Crippen LogP contribution in [0.25, 0.3) is 0 Å². The van der Waals surface area contributed by atoms with Gasteiger partial charge in [-0.1, -0.05) is 19.9 Å². The third-order valence-electron chi connectivity index (χ3n) is 3.10. The summed E-state index contributed by atoms with van der Waals surface area (Å²) in [6.45, 7) is 5.39. The van der Waals surface area contributed by atoms with Gasteiger partial charge in [-0.25, -0.2) is 0 Å². The van der Waals surface area contributed by atoms with Crippen LogP contribution in [0, 0.1) is 5.92 Å². The van der Waals surface area contributed by atoms with Crippen molar-refractivity contribution in [2.24, 2.45) is 11.7 Å². The van der Waals surface area contributed by atoms with Gasteiger partial charge < -0.3 is 20.3 Å². The van der Waals surface area contributed by atoms with Gasteiger partial charge in [0.1, 0.15) is 0 Å². The van der Waals surface area contributed by atoms with Crippen molar-refractivity contribution in [3.8, 4) is 11.5 Å². The number of hydrogen-bond donors (Lipinski definition) is 2. The Morgan fingerprint density at radius 2 is 2.00 bits per heavy atom. The molecule has 0 bridgehead atoms. The number of benzene rings is 1. The van der Waals surface area contributed by atoms with Gasteiger partial charge in [-0.05, 0) is 30.0 Å². The van der Waals surface area contributed by atoms with Gasteiger partial charge in [-0.3, -0.25) is 0 Å². The monoisotopic (exact) mass is 267 g/mol. The van der Waals surface area contributed by atoms with Gasteiger partial charge in [0.15, 0.2) is 11.5 Å². The summed E-state index contributed by atoms with van der Waals surface area (Å²) in [5.74, 6) is 1.11. The van der Waals surface area contributed by atoms with Crippen LogP contribution in [0.1, 0.15) is 25.8 Å². The van der Waals surface area contributed by atoms with Gasteiger partial charge in [-0.15, -0.1) is 0 Å². The molecule has 3 N–H and O–H groups in total. The molecule has 0 radical (unpaired) electrons. The average molecular weight is 267 g/mol. The first-order valence-corrected chi connectivity index (χ1v) is 6.73. The Labute approximate surface area is 115 Å². The predicted octanol–water partition coefficient (Wildman–Crippen LogP) is 2.33. The number of nitrogens with two attached hydrogens (primary N) is 1. The Morgan fingerprint density at radius 1 is 1.26 bits per heavy atom. The van der Waals surface area contributed by atoms with E-state index in [0.29, 0.717) is 24.9 Å². The van der Waals surface area contributed by atoms with Crippen LogP contribution in [0.3, 0.4) is 0 Å². The first kappa shape index (κ1) is 15.8. The van der Waals surface area contributed by atoms with Crippen LogP contribution in [-0.2, 0) is 11.2 Å². The Hall–Kier alpha value is -1.26. The zero-order valence-electron chi connectivity index (χ0n) is 12.1. The highest BCUT2D eigenvalue weighted by atomic mass is 16.5. The minimum Gasteiger partial charge on any atom is -0.504 e. The highest BCUT2D eigenvalue weighted by Crippen LogP contribution is 2.27. The molecule has 1 rings (SSSR count). The summed E-state index contributed by atoms with van der Waals surface area (Å²) in [5.41, 5.74) is 7.14. The molecule has 108 valence electrons. The van der Waals surface area contributed by atoms with Crippen molar-refractivity contribution in [1.29, 1.82) is 0 Å². The van der Waals surface area contributed by atoms with Gasteiger partial charge in [-0.2, -0.15) is 0 Å². The van der Waals surface area contributed by atoms with E-state index in [1.807, 2.05) is 12.1 Å². The maximum absolute atomic E-state index is 9.75. The second-order valence-electron chi connectivity index (χ2n) is 5.11. The van der Waals surface area contributed by atoms with Crippen LogP contribution in [0.4, 0.5) is 0 Å². The van der Waals surface area contributed by atoms with E-state index in [4.69, 9.17) is 15.2 Å². The van der Waals surface area contributed by atoms with Gasteiger partial charge in [0.05, 0.1) is 6.61 Å². The van der Waals surface area contributed by atoms with E-state index in [1.54, 1.807) is 13.2 Å². The van der Waals surface area contributed by atoms with Gasteiger partial charge in [0.25, 0.3) is 0 Å². The fraction of sp³-hybridized carbons (Fsp3) is 0.600. The zero-order valence-corrected chi connectivity index (χ0v) is 12.1. The lowest BCUT2D eigenvalue weighted by Gasteiger charge is -2.16. The van der Waals surface area contributed by atoms with Crippen LogP contribution in [0.15, 0.2) is 18.2 Å². The largest absolute Gasteiger partial charge is 0.504 e. The SMILES string of the molecule is COCCCOc1cc(CC(N)C(C)C)ccc1O. The maximum Gasteiger partial charge on any atom is 0.161 e. The number of methoxy groups -OCH3 is 1. The first-order chi connectivity index (χ1) is 9.04. The van der Waals surface area contributed by atoms with E-state index >= 15 is 0 Å². The van der Waals surface area contributed by atoms with Crippen LogP contribution in [0.2, 0.25) is 0 Å². The van der Waals surface area contributed by atoms with Crippen molar-refractivity contribution in [2.45, 2.75) is 32.7 Å². The Bertz CT molecular complexity index is 380. The smallest absolute Gasteiger partial charge is 0.161 e. The number of phenols is 1. The molecule has 1 aromatic rings. The van der Waals surface area contributed by atoms with E-state index in [1.165, 1.54) is 0 Å². The van der Waals surface area contributed by atoms with Crippen molar-refractivity contribution >= 4 is 0 Å². The summed E-state index contributed by atoms with van der Waals surface area (Å²) in [6, 6.07) is 5.53. The third-order valence-corrected chi connectivity index (χ3v) is 3.10. The lowest BCUT2D eigenvalue weighted by Crippen LogP contribution is -2.28. The maximum atomic E-state index is 9.75.